The molecule has 0 aliphatic rings. The van der Waals surface area contributed by atoms with E-state index < -0.39 is 23.9 Å². The van der Waals surface area contributed by atoms with Gasteiger partial charge in [0.2, 0.25) is 11.8 Å². The van der Waals surface area contributed by atoms with Gasteiger partial charge in [-0.25, -0.2) is 37.9 Å². The van der Waals surface area contributed by atoms with E-state index in [2.05, 4.69) is 93.0 Å². The fraction of sp³-hybridized carbons (Fsp3) is 0.100. The number of rotatable bonds is 16. The highest BCUT2D eigenvalue weighted by Crippen LogP contribution is 2.42. The second-order valence-corrected chi connectivity index (χ2v) is 29.5. The first-order valence-electron chi connectivity index (χ1n) is 33.8. The van der Waals surface area contributed by atoms with Crippen LogP contribution in [0.4, 0.5) is 0 Å². The van der Waals surface area contributed by atoms with Crippen LogP contribution in [0, 0.1) is 55.4 Å². The van der Waals surface area contributed by atoms with Crippen molar-refractivity contribution >= 4 is 102 Å². The summed E-state index contributed by atoms with van der Waals surface area (Å²) in [6, 6.07) is 61.4. The van der Waals surface area contributed by atoms with E-state index in [0.717, 1.165) is 93.8 Å². The minimum Gasteiger partial charge on any atom is -0.476 e. The number of carboxylic acid groups (broad SMARTS) is 4. The second-order valence-electron chi connectivity index (χ2n) is 25.2. The van der Waals surface area contributed by atoms with Crippen LogP contribution >= 0.6 is 77.7 Å². The molecule has 0 atom stereocenters. The standard InChI is InChI=1S/C20H15BrN4O3.C20H15BrN4O2S.C20H15ClN4O3.C20H15ClN4O2S/c4*1-11-6-5-8-13(10-11)18-22-23-19(28-18)17-15(21)16(20(26)27)24-25(17)14-9-4-3-7-12(14)2/h4*3-10H,1-2H3,(H,26,27). The van der Waals surface area contributed by atoms with E-state index in [-0.39, 0.29) is 54.8 Å². The lowest BCUT2D eigenvalue weighted by molar-refractivity contribution is 0.0678. The van der Waals surface area contributed by atoms with Crippen molar-refractivity contribution in [3.05, 3.63) is 280 Å². The zero-order chi connectivity index (χ0) is 79.3. The average molecular weight is 1700 g/mol. The summed E-state index contributed by atoms with van der Waals surface area (Å²) in [5, 5.41) is 91.2. The van der Waals surface area contributed by atoms with Crippen molar-refractivity contribution in [1.29, 1.82) is 0 Å². The number of carbonyl (C=O) groups is 4. The molecular weight excluding hydrogens is 1640 g/mol. The summed E-state index contributed by atoms with van der Waals surface area (Å²) >= 11 is 22.3. The molecule has 0 aliphatic carbocycles. The van der Waals surface area contributed by atoms with Gasteiger partial charge >= 0.3 is 23.9 Å². The van der Waals surface area contributed by atoms with E-state index in [9.17, 15) is 39.6 Å². The van der Waals surface area contributed by atoms with Gasteiger partial charge in [0.25, 0.3) is 11.8 Å². The van der Waals surface area contributed by atoms with Gasteiger partial charge in [-0.2, -0.15) is 20.4 Å². The molecule has 0 saturated carbocycles. The molecule has 8 aromatic carbocycles. The maximum absolute atomic E-state index is 11.7. The van der Waals surface area contributed by atoms with E-state index in [1.54, 1.807) is 4.68 Å². The summed E-state index contributed by atoms with van der Waals surface area (Å²) in [6.45, 7) is 15.7. The number of aromatic carboxylic acids is 4. The van der Waals surface area contributed by atoms with Crippen molar-refractivity contribution in [2.75, 3.05) is 0 Å². The fourth-order valence-corrected chi connectivity index (χ4v) is 15.3. The van der Waals surface area contributed by atoms with Gasteiger partial charge < -0.3 is 29.3 Å². The Labute approximate surface area is 672 Å². The van der Waals surface area contributed by atoms with E-state index in [1.165, 1.54) is 36.7 Å². The van der Waals surface area contributed by atoms with Crippen molar-refractivity contribution in [3.8, 4) is 111 Å². The van der Waals surface area contributed by atoms with Crippen LogP contribution in [-0.4, -0.2) is 124 Å². The molecule has 0 amide bonds. The zero-order valence-electron chi connectivity index (χ0n) is 60.2. The maximum atomic E-state index is 11.7. The third-order valence-electron chi connectivity index (χ3n) is 17.1. The Morgan fingerprint density at radius 1 is 0.321 bits per heavy atom. The van der Waals surface area contributed by atoms with Gasteiger partial charge in [-0.05, 0) is 170 Å². The molecule has 0 fully saturated rings. The van der Waals surface area contributed by atoms with Gasteiger partial charge in [-0.3, -0.25) is 0 Å². The Morgan fingerprint density at radius 2 is 0.598 bits per heavy atom. The predicted molar refractivity (Wildman–Crippen MR) is 432 cm³/mol. The molecule has 32 heteroatoms. The molecule has 8 aromatic heterocycles. The summed E-state index contributed by atoms with van der Waals surface area (Å²) in [6.07, 6.45) is 0. The molecule has 4 N–H and O–H groups in total. The monoisotopic (exact) mass is 1700 g/mol. The van der Waals surface area contributed by atoms with Gasteiger partial charge in [0.15, 0.2) is 38.5 Å². The van der Waals surface area contributed by atoms with E-state index in [1.807, 2.05) is 250 Å². The Kier molecular flexibility index (Phi) is 23.1. The number of hydrogen-bond acceptors (Lipinski definition) is 20. The number of para-hydroxylation sites is 4. The number of benzene rings is 8. The molecule has 0 saturated heterocycles. The highest BCUT2D eigenvalue weighted by Gasteiger charge is 2.32. The molecule has 0 unspecified atom stereocenters. The quantitative estimate of drug-likeness (QED) is 0.0698. The molecule has 8 heterocycles. The number of aromatic nitrogens is 16. The third kappa shape index (κ3) is 16.3. The highest BCUT2D eigenvalue weighted by molar-refractivity contribution is 9.11. The first-order chi connectivity index (χ1) is 53.8. The normalized spacial score (nSPS) is 11.0. The predicted octanol–water partition coefficient (Wildman–Crippen LogP) is 19.4. The minimum atomic E-state index is -1.24. The first-order valence-corrected chi connectivity index (χ1v) is 37.7. The number of halogens is 4. The summed E-state index contributed by atoms with van der Waals surface area (Å²) in [7, 11) is 0. The number of aryl methyl sites for hydroxylation is 8. The van der Waals surface area contributed by atoms with Crippen molar-refractivity contribution in [1.82, 2.24) is 79.9 Å². The molecule has 0 bridgehead atoms. The Bertz CT molecular complexity index is 5550. The Balaban J connectivity index is 0.000000131. The smallest absolute Gasteiger partial charge is 0.358 e. The van der Waals surface area contributed by atoms with Gasteiger partial charge in [-0.1, -0.05) is 202 Å². The van der Waals surface area contributed by atoms with E-state index >= 15 is 0 Å². The molecule has 112 heavy (non-hydrogen) atoms. The van der Waals surface area contributed by atoms with E-state index in [0.29, 0.717) is 49.0 Å². The van der Waals surface area contributed by atoms with Crippen molar-refractivity contribution < 1.29 is 48.4 Å². The van der Waals surface area contributed by atoms with Crippen LogP contribution < -0.4 is 0 Å². The average Bonchev–Trinajstić information content (AvgIpc) is 1.64. The first kappa shape index (κ1) is 77.6. The third-order valence-corrected chi connectivity index (χ3v) is 21.2. The summed E-state index contributed by atoms with van der Waals surface area (Å²) in [5.74, 6) is -3.78. The van der Waals surface area contributed by atoms with Crippen LogP contribution in [0.1, 0.15) is 86.5 Å². The lowest BCUT2D eigenvalue weighted by atomic mass is 10.1. The molecule has 560 valence electrons. The van der Waals surface area contributed by atoms with Crippen molar-refractivity contribution in [2.24, 2.45) is 0 Å². The Morgan fingerprint density at radius 3 is 0.964 bits per heavy atom. The zero-order valence-corrected chi connectivity index (χ0v) is 66.5. The summed E-state index contributed by atoms with van der Waals surface area (Å²) in [5.41, 5.74) is 15.4. The van der Waals surface area contributed by atoms with Gasteiger partial charge in [-0.15, -0.1) is 40.8 Å². The van der Waals surface area contributed by atoms with Crippen LogP contribution in [0.15, 0.2) is 212 Å². The molecule has 16 rings (SSSR count). The minimum absolute atomic E-state index is 0.0442. The SMILES string of the molecule is Cc1cccc(-c2nnc(-c3c(Br)c(C(=O)O)nn3-c3ccccc3C)o2)c1.Cc1cccc(-c2nnc(-c3c(Br)c(C(=O)O)nn3-c3ccccc3C)s2)c1.Cc1cccc(-c2nnc(-c3c(Cl)c(C(=O)O)nn3-c3ccccc3C)o2)c1.Cc1cccc(-c2nnc(-c3c(Cl)c(C(=O)O)nn3-c3ccccc3C)s2)c1. The molecule has 16 aromatic rings. The number of nitrogens with zero attached hydrogens (tertiary/aromatic N) is 16. The van der Waals surface area contributed by atoms with Gasteiger partial charge in [0.05, 0.1) is 31.7 Å². The second kappa shape index (κ2) is 33.3. The van der Waals surface area contributed by atoms with Crippen LogP contribution in [0.2, 0.25) is 10.0 Å². The largest absolute Gasteiger partial charge is 0.476 e. The summed E-state index contributed by atoms with van der Waals surface area (Å²) < 4.78 is 18.5. The molecule has 0 spiro atoms. The fourth-order valence-electron chi connectivity index (χ4n) is 11.6. The maximum Gasteiger partial charge on any atom is 0.358 e. The van der Waals surface area contributed by atoms with E-state index in [4.69, 9.17) is 32.0 Å². The van der Waals surface area contributed by atoms with Gasteiger partial charge in [0.1, 0.15) is 37.1 Å². The van der Waals surface area contributed by atoms with Crippen molar-refractivity contribution in [3.63, 3.8) is 0 Å². The molecule has 26 nitrogen and oxygen atoms in total. The molecular formula is C80H60Br2Cl2N16O10S2. The number of carboxylic acids is 4. The van der Waals surface area contributed by atoms with Crippen LogP contribution in [0.5, 0.6) is 0 Å². The van der Waals surface area contributed by atoms with Crippen molar-refractivity contribution in [2.45, 2.75) is 55.4 Å². The number of hydrogen-bond donors (Lipinski definition) is 4. The van der Waals surface area contributed by atoms with Crippen LogP contribution in [-0.2, 0) is 0 Å². The topological polar surface area (TPSA) is 350 Å². The summed E-state index contributed by atoms with van der Waals surface area (Å²) in [4.78, 5) is 46.5. The van der Waals surface area contributed by atoms with Crippen LogP contribution in [0.3, 0.4) is 0 Å². The Hall–Kier alpha value is -12.6. The highest BCUT2D eigenvalue weighted by atomic mass is 79.9. The molecule has 0 aliphatic heterocycles. The lowest BCUT2D eigenvalue weighted by Crippen LogP contribution is -2.03. The lowest BCUT2D eigenvalue weighted by Gasteiger charge is -2.08. The van der Waals surface area contributed by atoms with Crippen LogP contribution in [0.25, 0.3) is 111 Å². The van der Waals surface area contributed by atoms with Gasteiger partial charge in [0, 0.05) is 22.3 Å². The molecule has 0 radical (unpaired) electrons.